The largest absolute Gasteiger partial charge is 0.378 e. The Kier molecular flexibility index (Phi) is 5.02. The van der Waals surface area contributed by atoms with Crippen LogP contribution in [0.25, 0.3) is 0 Å². The van der Waals surface area contributed by atoms with Crippen LogP contribution in [-0.2, 0) is 22.6 Å². The minimum absolute atomic E-state index is 0.00815. The van der Waals surface area contributed by atoms with Gasteiger partial charge in [-0.05, 0) is 30.9 Å². The van der Waals surface area contributed by atoms with E-state index in [-0.39, 0.29) is 17.9 Å². The van der Waals surface area contributed by atoms with Crippen LogP contribution in [0.1, 0.15) is 30.9 Å². The van der Waals surface area contributed by atoms with E-state index in [1.807, 2.05) is 19.1 Å². The molecule has 6 heteroatoms. The maximum atomic E-state index is 12.3. The first-order chi connectivity index (χ1) is 11.2. The molecule has 1 saturated heterocycles. The summed E-state index contributed by atoms with van der Waals surface area (Å²) < 4.78 is 7.33. The summed E-state index contributed by atoms with van der Waals surface area (Å²) in [7, 11) is 0. The van der Waals surface area contributed by atoms with Crippen molar-refractivity contribution in [2.75, 3.05) is 6.61 Å². The minimum Gasteiger partial charge on any atom is -0.378 e. The standard InChI is InChI=1S/C17H22N4O2/c1-13-16(3-2-8-23-13)17(22)19-9-14-4-6-15(7-5-14)10-21-12-18-11-20-21/h4-7,11-13,16H,2-3,8-10H2,1H3,(H,19,22)/t13-,16+/m0/s1. The summed E-state index contributed by atoms with van der Waals surface area (Å²) in [5.74, 6) is 0.0548. The van der Waals surface area contributed by atoms with Crippen LogP contribution in [0.3, 0.4) is 0 Å². The van der Waals surface area contributed by atoms with E-state index in [2.05, 4.69) is 27.5 Å². The van der Waals surface area contributed by atoms with Crippen LogP contribution in [0.2, 0.25) is 0 Å². The van der Waals surface area contributed by atoms with Crippen LogP contribution >= 0.6 is 0 Å². The fourth-order valence-corrected chi connectivity index (χ4v) is 2.85. The van der Waals surface area contributed by atoms with Crippen molar-refractivity contribution >= 4 is 5.91 Å². The molecule has 122 valence electrons. The third kappa shape index (κ3) is 4.16. The van der Waals surface area contributed by atoms with E-state index in [0.29, 0.717) is 13.1 Å². The van der Waals surface area contributed by atoms with E-state index >= 15 is 0 Å². The zero-order chi connectivity index (χ0) is 16.1. The second-order valence-electron chi connectivity index (χ2n) is 5.95. The number of carbonyl (C=O) groups is 1. The Morgan fingerprint density at radius 1 is 1.35 bits per heavy atom. The first kappa shape index (κ1) is 15.7. The normalized spacial score (nSPS) is 21.1. The third-order valence-electron chi connectivity index (χ3n) is 4.24. The first-order valence-corrected chi connectivity index (χ1v) is 8.02. The topological polar surface area (TPSA) is 69.0 Å². The van der Waals surface area contributed by atoms with Crippen LogP contribution in [0.5, 0.6) is 0 Å². The van der Waals surface area contributed by atoms with Gasteiger partial charge in [0.2, 0.25) is 5.91 Å². The van der Waals surface area contributed by atoms with Gasteiger partial charge < -0.3 is 10.1 Å². The summed E-state index contributed by atoms with van der Waals surface area (Å²) in [6, 6.07) is 8.17. The number of nitrogens with one attached hydrogen (secondary N) is 1. The quantitative estimate of drug-likeness (QED) is 0.913. The predicted octanol–water partition coefficient (Wildman–Crippen LogP) is 1.76. The molecule has 0 saturated carbocycles. The number of hydrogen-bond donors (Lipinski definition) is 1. The molecule has 1 aliphatic rings. The van der Waals surface area contributed by atoms with E-state index in [0.717, 1.165) is 30.6 Å². The lowest BCUT2D eigenvalue weighted by Gasteiger charge is -2.28. The smallest absolute Gasteiger partial charge is 0.225 e. The van der Waals surface area contributed by atoms with Crippen molar-refractivity contribution < 1.29 is 9.53 Å². The Hall–Kier alpha value is -2.21. The van der Waals surface area contributed by atoms with E-state index < -0.39 is 0 Å². The van der Waals surface area contributed by atoms with Gasteiger partial charge in [-0.25, -0.2) is 9.67 Å². The molecule has 1 aromatic heterocycles. The molecular weight excluding hydrogens is 292 g/mol. The van der Waals surface area contributed by atoms with Crippen LogP contribution in [-0.4, -0.2) is 33.4 Å². The molecule has 0 bridgehead atoms. The molecule has 1 N–H and O–H groups in total. The fraction of sp³-hybridized carbons (Fsp3) is 0.471. The number of ether oxygens (including phenoxy) is 1. The van der Waals surface area contributed by atoms with Gasteiger partial charge in [0, 0.05) is 13.2 Å². The van der Waals surface area contributed by atoms with Crippen LogP contribution < -0.4 is 5.32 Å². The van der Waals surface area contributed by atoms with E-state index in [4.69, 9.17) is 4.74 Å². The van der Waals surface area contributed by atoms with Crippen molar-refractivity contribution in [2.45, 2.75) is 39.0 Å². The SMILES string of the molecule is C[C@@H]1OCCC[C@H]1C(=O)NCc1ccc(Cn2cncn2)cc1. The molecule has 0 spiro atoms. The molecule has 2 aromatic rings. The molecule has 6 nitrogen and oxygen atoms in total. The van der Waals surface area contributed by atoms with Gasteiger partial charge in [-0.1, -0.05) is 24.3 Å². The van der Waals surface area contributed by atoms with E-state index in [1.165, 1.54) is 6.33 Å². The van der Waals surface area contributed by atoms with Gasteiger partial charge in [-0.3, -0.25) is 4.79 Å². The molecule has 1 fully saturated rings. The molecule has 23 heavy (non-hydrogen) atoms. The molecule has 1 amide bonds. The molecule has 1 aliphatic heterocycles. The lowest BCUT2D eigenvalue weighted by atomic mass is 9.94. The van der Waals surface area contributed by atoms with Gasteiger partial charge in [-0.15, -0.1) is 0 Å². The number of hydrogen-bond acceptors (Lipinski definition) is 4. The first-order valence-electron chi connectivity index (χ1n) is 8.02. The zero-order valence-electron chi connectivity index (χ0n) is 13.3. The summed E-state index contributed by atoms with van der Waals surface area (Å²) >= 11 is 0. The Balaban J connectivity index is 1.51. The summed E-state index contributed by atoms with van der Waals surface area (Å²) in [6.45, 7) is 3.98. The molecule has 3 rings (SSSR count). The number of carbonyl (C=O) groups excluding carboxylic acids is 1. The average Bonchev–Trinajstić information content (AvgIpc) is 3.07. The number of aromatic nitrogens is 3. The highest BCUT2D eigenvalue weighted by atomic mass is 16.5. The maximum Gasteiger partial charge on any atom is 0.225 e. The second kappa shape index (κ2) is 7.37. The summed E-state index contributed by atoms with van der Waals surface area (Å²) in [5, 5.41) is 7.11. The average molecular weight is 314 g/mol. The molecule has 2 heterocycles. The fourth-order valence-electron chi connectivity index (χ4n) is 2.85. The van der Waals surface area contributed by atoms with E-state index in [9.17, 15) is 4.79 Å². The predicted molar refractivity (Wildman–Crippen MR) is 85.6 cm³/mol. The molecule has 1 aromatic carbocycles. The minimum atomic E-state index is -0.0321. The van der Waals surface area contributed by atoms with Crippen LogP contribution in [0.4, 0.5) is 0 Å². The number of amides is 1. The second-order valence-corrected chi connectivity index (χ2v) is 5.95. The lowest BCUT2D eigenvalue weighted by Crippen LogP contribution is -2.39. The lowest BCUT2D eigenvalue weighted by molar-refractivity contribution is -0.133. The van der Waals surface area contributed by atoms with Gasteiger partial charge in [0.15, 0.2) is 0 Å². The van der Waals surface area contributed by atoms with Gasteiger partial charge in [0.25, 0.3) is 0 Å². The van der Waals surface area contributed by atoms with Crippen molar-refractivity contribution in [1.29, 1.82) is 0 Å². The van der Waals surface area contributed by atoms with Crippen molar-refractivity contribution in [2.24, 2.45) is 5.92 Å². The Morgan fingerprint density at radius 2 is 2.13 bits per heavy atom. The Bertz CT molecular complexity index is 625. The monoisotopic (exact) mass is 314 g/mol. The molecule has 0 radical (unpaired) electrons. The highest BCUT2D eigenvalue weighted by molar-refractivity contribution is 5.79. The van der Waals surface area contributed by atoms with Crippen LogP contribution in [0, 0.1) is 5.92 Å². The Morgan fingerprint density at radius 3 is 2.83 bits per heavy atom. The molecule has 0 aliphatic carbocycles. The van der Waals surface area contributed by atoms with E-state index in [1.54, 1.807) is 11.0 Å². The molecule has 0 unspecified atom stereocenters. The number of rotatable bonds is 5. The molecular formula is C17H22N4O2. The summed E-state index contributed by atoms with van der Waals surface area (Å²) in [6.07, 6.45) is 5.10. The highest BCUT2D eigenvalue weighted by Crippen LogP contribution is 2.20. The number of benzene rings is 1. The van der Waals surface area contributed by atoms with Crippen molar-refractivity contribution in [3.63, 3.8) is 0 Å². The number of nitrogens with zero attached hydrogens (tertiary/aromatic N) is 3. The van der Waals surface area contributed by atoms with Gasteiger partial charge >= 0.3 is 0 Å². The summed E-state index contributed by atoms with van der Waals surface area (Å²) in [5.41, 5.74) is 2.24. The van der Waals surface area contributed by atoms with Gasteiger partial charge in [0.1, 0.15) is 12.7 Å². The Labute approximate surface area is 135 Å². The van der Waals surface area contributed by atoms with Crippen LogP contribution in [0.15, 0.2) is 36.9 Å². The third-order valence-corrected chi connectivity index (χ3v) is 4.24. The highest BCUT2D eigenvalue weighted by Gasteiger charge is 2.28. The zero-order valence-corrected chi connectivity index (χ0v) is 13.3. The van der Waals surface area contributed by atoms with Crippen molar-refractivity contribution in [3.05, 3.63) is 48.0 Å². The van der Waals surface area contributed by atoms with Gasteiger partial charge in [-0.2, -0.15) is 5.10 Å². The van der Waals surface area contributed by atoms with Crippen molar-refractivity contribution in [3.8, 4) is 0 Å². The van der Waals surface area contributed by atoms with Crippen molar-refractivity contribution in [1.82, 2.24) is 20.1 Å². The van der Waals surface area contributed by atoms with Gasteiger partial charge in [0.05, 0.1) is 18.6 Å². The maximum absolute atomic E-state index is 12.3. The summed E-state index contributed by atoms with van der Waals surface area (Å²) in [4.78, 5) is 16.2. The molecule has 2 atom stereocenters.